The number of benzene rings is 2. The molecule has 2 aromatic carbocycles. The van der Waals surface area contributed by atoms with Crippen LogP contribution in [0.5, 0.6) is 0 Å². The van der Waals surface area contributed by atoms with Crippen LogP contribution < -0.4 is 9.62 Å². The predicted octanol–water partition coefficient (Wildman–Crippen LogP) is 3.00. The lowest BCUT2D eigenvalue weighted by Crippen LogP contribution is -2.45. The van der Waals surface area contributed by atoms with Crippen molar-refractivity contribution in [3.8, 4) is 0 Å². The molecule has 0 saturated heterocycles. The summed E-state index contributed by atoms with van der Waals surface area (Å²) in [6, 6.07) is 9.86. The molecule has 27 heavy (non-hydrogen) atoms. The molecule has 0 aliphatic carbocycles. The van der Waals surface area contributed by atoms with Gasteiger partial charge in [-0.25, -0.2) is 8.42 Å². The summed E-state index contributed by atoms with van der Waals surface area (Å²) in [5.41, 5.74) is 1.95. The highest BCUT2D eigenvalue weighted by Crippen LogP contribution is 2.25. The van der Waals surface area contributed by atoms with Gasteiger partial charge in [-0.05, 0) is 44.0 Å². The number of sulfonamides is 1. The van der Waals surface area contributed by atoms with Gasteiger partial charge in [0.2, 0.25) is 15.9 Å². The summed E-state index contributed by atoms with van der Waals surface area (Å²) >= 11 is 0. The second-order valence-electron chi connectivity index (χ2n) is 6.32. The van der Waals surface area contributed by atoms with Crippen LogP contribution in [0.15, 0.2) is 42.5 Å². The lowest BCUT2D eigenvalue weighted by molar-refractivity contribution is -0.384. The first kappa shape index (κ1) is 20.4. The molecule has 0 aliphatic rings. The average molecular weight is 391 g/mol. The molecule has 0 radical (unpaired) electrons. The highest BCUT2D eigenvalue weighted by Gasteiger charge is 2.29. The molecule has 0 spiro atoms. The number of anilines is 2. The fourth-order valence-electron chi connectivity index (χ4n) is 2.67. The minimum Gasteiger partial charge on any atom is -0.324 e. The summed E-state index contributed by atoms with van der Waals surface area (Å²) < 4.78 is 25.6. The third-order valence-electron chi connectivity index (χ3n) is 4.03. The van der Waals surface area contributed by atoms with Crippen LogP contribution in [0.2, 0.25) is 0 Å². The Hall–Kier alpha value is -2.94. The minimum atomic E-state index is -3.74. The van der Waals surface area contributed by atoms with Gasteiger partial charge in [0.1, 0.15) is 6.04 Å². The van der Waals surface area contributed by atoms with E-state index in [1.165, 1.54) is 25.1 Å². The van der Waals surface area contributed by atoms with Gasteiger partial charge in [0.05, 0.1) is 22.6 Å². The number of non-ortho nitro benzene ring substituents is 1. The van der Waals surface area contributed by atoms with E-state index in [0.29, 0.717) is 11.3 Å². The molecule has 1 amide bonds. The molecule has 9 heteroatoms. The standard InChI is InChI=1S/C18H21N3O5S/c1-12-6-5-7-15(10-12)20(27(4,25)26)14(3)18(22)19-17-11-16(21(23)24)9-8-13(17)2/h5-11,14H,1-4H3,(H,19,22). The molecule has 144 valence electrons. The summed E-state index contributed by atoms with van der Waals surface area (Å²) in [4.78, 5) is 23.1. The zero-order valence-electron chi connectivity index (χ0n) is 15.5. The van der Waals surface area contributed by atoms with Crippen LogP contribution in [-0.2, 0) is 14.8 Å². The van der Waals surface area contributed by atoms with Gasteiger partial charge in [-0.2, -0.15) is 0 Å². The number of hydrogen-bond acceptors (Lipinski definition) is 5. The fourth-order valence-corrected chi connectivity index (χ4v) is 3.84. The van der Waals surface area contributed by atoms with E-state index in [-0.39, 0.29) is 11.4 Å². The van der Waals surface area contributed by atoms with Crippen molar-refractivity contribution >= 4 is 33.0 Å². The molecule has 8 nitrogen and oxygen atoms in total. The van der Waals surface area contributed by atoms with E-state index in [2.05, 4.69) is 5.32 Å². The fraction of sp³-hybridized carbons (Fsp3) is 0.278. The van der Waals surface area contributed by atoms with Crippen molar-refractivity contribution < 1.29 is 18.1 Å². The van der Waals surface area contributed by atoms with Crippen molar-refractivity contribution in [2.45, 2.75) is 26.8 Å². The molecule has 1 atom stereocenters. The maximum absolute atomic E-state index is 12.7. The molecular weight excluding hydrogens is 370 g/mol. The summed E-state index contributed by atoms with van der Waals surface area (Å²) in [6.45, 7) is 4.98. The molecule has 0 aromatic heterocycles. The topological polar surface area (TPSA) is 110 Å². The molecule has 2 rings (SSSR count). The Labute approximate surface area is 158 Å². The van der Waals surface area contributed by atoms with Crippen molar-refractivity contribution in [1.29, 1.82) is 0 Å². The van der Waals surface area contributed by atoms with E-state index < -0.39 is 26.9 Å². The molecule has 0 fully saturated rings. The predicted molar refractivity (Wildman–Crippen MR) is 104 cm³/mol. The van der Waals surface area contributed by atoms with E-state index in [1.54, 1.807) is 25.1 Å². The van der Waals surface area contributed by atoms with Crippen LogP contribution in [0, 0.1) is 24.0 Å². The Morgan fingerprint density at radius 3 is 2.41 bits per heavy atom. The largest absolute Gasteiger partial charge is 0.324 e. The maximum Gasteiger partial charge on any atom is 0.271 e. The SMILES string of the molecule is Cc1cccc(N(C(C)C(=O)Nc2cc([N+](=O)[O-])ccc2C)S(C)(=O)=O)c1. The van der Waals surface area contributed by atoms with Crippen LogP contribution in [0.4, 0.5) is 17.1 Å². The molecule has 2 aromatic rings. The number of carbonyl (C=O) groups excluding carboxylic acids is 1. The molecule has 0 saturated carbocycles. The number of nitro benzene ring substituents is 1. The lowest BCUT2D eigenvalue weighted by Gasteiger charge is -2.28. The third-order valence-corrected chi connectivity index (χ3v) is 5.28. The van der Waals surface area contributed by atoms with E-state index >= 15 is 0 Å². The lowest BCUT2D eigenvalue weighted by atomic mass is 10.1. The van der Waals surface area contributed by atoms with Gasteiger partial charge < -0.3 is 5.32 Å². The van der Waals surface area contributed by atoms with E-state index in [0.717, 1.165) is 16.1 Å². The summed E-state index contributed by atoms with van der Waals surface area (Å²) in [7, 11) is -3.74. The smallest absolute Gasteiger partial charge is 0.271 e. The van der Waals surface area contributed by atoms with Gasteiger partial charge in [-0.15, -0.1) is 0 Å². The highest BCUT2D eigenvalue weighted by atomic mass is 32.2. The van der Waals surface area contributed by atoms with Gasteiger partial charge in [-0.1, -0.05) is 18.2 Å². The number of nitrogens with zero attached hydrogens (tertiary/aromatic N) is 2. The van der Waals surface area contributed by atoms with E-state index in [1.807, 2.05) is 13.0 Å². The normalized spacial score (nSPS) is 12.3. The van der Waals surface area contributed by atoms with Crippen LogP contribution in [0.1, 0.15) is 18.1 Å². The van der Waals surface area contributed by atoms with Crippen molar-refractivity contribution in [2.24, 2.45) is 0 Å². The summed E-state index contributed by atoms with van der Waals surface area (Å²) in [6.07, 6.45) is 1.03. The van der Waals surface area contributed by atoms with Crippen LogP contribution in [-0.4, -0.2) is 31.5 Å². The van der Waals surface area contributed by atoms with Crippen LogP contribution in [0.25, 0.3) is 0 Å². The van der Waals surface area contributed by atoms with Crippen molar-refractivity contribution in [2.75, 3.05) is 15.9 Å². The third kappa shape index (κ3) is 4.82. The quantitative estimate of drug-likeness (QED) is 0.601. The number of carbonyl (C=O) groups is 1. The number of aryl methyl sites for hydroxylation is 2. The van der Waals surface area contributed by atoms with Crippen molar-refractivity contribution in [1.82, 2.24) is 0 Å². The Balaban J connectivity index is 2.36. The molecular formula is C18H21N3O5S. The molecule has 0 aliphatic heterocycles. The molecule has 0 bridgehead atoms. The van der Waals surface area contributed by atoms with Crippen molar-refractivity contribution in [3.63, 3.8) is 0 Å². The first-order chi connectivity index (χ1) is 12.5. The summed E-state index contributed by atoms with van der Waals surface area (Å²) in [5, 5.41) is 13.5. The molecule has 1 N–H and O–H groups in total. The minimum absolute atomic E-state index is 0.165. The van der Waals surface area contributed by atoms with Crippen LogP contribution in [0.3, 0.4) is 0 Å². The average Bonchev–Trinajstić information content (AvgIpc) is 2.55. The number of nitrogens with one attached hydrogen (secondary N) is 1. The number of rotatable bonds is 6. The second kappa shape index (κ2) is 7.75. The zero-order chi connectivity index (χ0) is 20.4. The highest BCUT2D eigenvalue weighted by molar-refractivity contribution is 7.92. The number of nitro groups is 1. The second-order valence-corrected chi connectivity index (χ2v) is 8.18. The maximum atomic E-state index is 12.7. The van der Waals surface area contributed by atoms with Crippen molar-refractivity contribution in [3.05, 3.63) is 63.7 Å². The first-order valence-corrected chi connectivity index (χ1v) is 9.97. The Morgan fingerprint density at radius 2 is 1.85 bits per heavy atom. The van der Waals surface area contributed by atoms with Crippen LogP contribution >= 0.6 is 0 Å². The monoisotopic (exact) mass is 391 g/mol. The molecule has 1 unspecified atom stereocenters. The number of amides is 1. The van der Waals surface area contributed by atoms with Gasteiger partial charge in [0.25, 0.3) is 5.69 Å². The van der Waals surface area contributed by atoms with E-state index in [4.69, 9.17) is 0 Å². The molecule has 0 heterocycles. The summed E-state index contributed by atoms with van der Waals surface area (Å²) in [5.74, 6) is -0.592. The van der Waals surface area contributed by atoms with E-state index in [9.17, 15) is 23.3 Å². The Kier molecular flexibility index (Phi) is 5.85. The first-order valence-electron chi connectivity index (χ1n) is 8.12. The van der Waals surface area contributed by atoms with Gasteiger partial charge in [0, 0.05) is 12.1 Å². The van der Waals surface area contributed by atoms with Gasteiger partial charge in [-0.3, -0.25) is 19.2 Å². The van der Waals surface area contributed by atoms with Gasteiger partial charge in [0.15, 0.2) is 0 Å². The number of hydrogen-bond donors (Lipinski definition) is 1. The Morgan fingerprint density at radius 1 is 1.19 bits per heavy atom. The Bertz CT molecular complexity index is 988. The zero-order valence-corrected chi connectivity index (χ0v) is 16.3. The van der Waals surface area contributed by atoms with Gasteiger partial charge >= 0.3 is 0 Å².